The van der Waals surface area contributed by atoms with Gasteiger partial charge in [0.05, 0.1) is 6.10 Å². The average molecular weight is 236 g/mol. The summed E-state index contributed by atoms with van der Waals surface area (Å²) >= 11 is 0. The predicted octanol–water partition coefficient (Wildman–Crippen LogP) is 1.60. The summed E-state index contributed by atoms with van der Waals surface area (Å²) in [5.41, 5.74) is 1.07. The largest absolute Gasteiger partial charge is 0.393 e. The third-order valence-electron chi connectivity index (χ3n) is 2.52. The second kappa shape index (κ2) is 6.91. The molecule has 0 spiro atoms. The average Bonchev–Trinajstić information content (AvgIpc) is 2.34. The number of rotatable bonds is 5. The Labute approximate surface area is 102 Å². The van der Waals surface area contributed by atoms with Gasteiger partial charge in [-0.2, -0.15) is 0 Å². The molecule has 94 valence electrons. The van der Waals surface area contributed by atoms with Crippen molar-refractivity contribution in [2.75, 3.05) is 13.6 Å². The quantitative estimate of drug-likeness (QED) is 0.816. The van der Waals surface area contributed by atoms with E-state index in [9.17, 15) is 4.79 Å². The van der Waals surface area contributed by atoms with Gasteiger partial charge in [-0.1, -0.05) is 30.3 Å². The number of aliphatic hydroxyl groups excluding tert-OH is 1. The third-order valence-corrected chi connectivity index (χ3v) is 2.52. The second-order valence-electron chi connectivity index (χ2n) is 4.20. The van der Waals surface area contributed by atoms with Crippen LogP contribution in [0.3, 0.4) is 0 Å². The lowest BCUT2D eigenvalue weighted by Gasteiger charge is -2.18. The summed E-state index contributed by atoms with van der Waals surface area (Å²) in [6.45, 7) is 2.80. The smallest absolute Gasteiger partial charge is 0.317 e. The zero-order valence-corrected chi connectivity index (χ0v) is 10.4. The van der Waals surface area contributed by atoms with E-state index in [0.29, 0.717) is 19.5 Å². The maximum absolute atomic E-state index is 11.7. The molecule has 1 rings (SSSR count). The van der Waals surface area contributed by atoms with Crippen LogP contribution in [-0.4, -0.2) is 35.7 Å². The van der Waals surface area contributed by atoms with Crippen molar-refractivity contribution in [3.05, 3.63) is 35.9 Å². The summed E-state index contributed by atoms with van der Waals surface area (Å²) in [6, 6.07) is 9.65. The Balaban J connectivity index is 2.29. The van der Waals surface area contributed by atoms with Crippen LogP contribution >= 0.6 is 0 Å². The molecule has 0 fully saturated rings. The molecule has 1 aromatic carbocycles. The van der Waals surface area contributed by atoms with Crippen molar-refractivity contribution in [2.45, 2.75) is 26.0 Å². The fraction of sp³-hybridized carbons (Fsp3) is 0.462. The van der Waals surface area contributed by atoms with Gasteiger partial charge in [-0.05, 0) is 18.9 Å². The van der Waals surface area contributed by atoms with Crippen molar-refractivity contribution < 1.29 is 9.90 Å². The van der Waals surface area contributed by atoms with Crippen LogP contribution in [0.5, 0.6) is 0 Å². The third kappa shape index (κ3) is 5.36. The van der Waals surface area contributed by atoms with Crippen LogP contribution in [-0.2, 0) is 6.54 Å². The van der Waals surface area contributed by atoms with Crippen molar-refractivity contribution in [3.8, 4) is 0 Å². The van der Waals surface area contributed by atoms with Crippen LogP contribution < -0.4 is 5.32 Å². The molecule has 0 aliphatic heterocycles. The summed E-state index contributed by atoms with van der Waals surface area (Å²) < 4.78 is 0. The standard InChI is InChI=1S/C13H20N2O2/c1-11(16)8-9-15(2)13(17)14-10-12-6-4-3-5-7-12/h3-7,11,16H,8-10H2,1-2H3,(H,14,17). The van der Waals surface area contributed by atoms with E-state index >= 15 is 0 Å². The molecule has 2 amide bonds. The van der Waals surface area contributed by atoms with Gasteiger partial charge in [0.1, 0.15) is 0 Å². The topological polar surface area (TPSA) is 52.6 Å². The number of urea groups is 1. The van der Waals surface area contributed by atoms with Crippen molar-refractivity contribution in [2.24, 2.45) is 0 Å². The Morgan fingerprint density at radius 2 is 2.06 bits per heavy atom. The van der Waals surface area contributed by atoms with Gasteiger partial charge in [0.15, 0.2) is 0 Å². The molecule has 0 saturated carbocycles. The van der Waals surface area contributed by atoms with Crippen LogP contribution in [0.25, 0.3) is 0 Å². The van der Waals surface area contributed by atoms with E-state index in [4.69, 9.17) is 5.11 Å². The molecular formula is C13H20N2O2. The Bertz CT molecular complexity index is 339. The number of carbonyl (C=O) groups is 1. The molecule has 1 atom stereocenters. The lowest BCUT2D eigenvalue weighted by molar-refractivity contribution is 0.163. The van der Waals surface area contributed by atoms with Crippen LogP contribution in [0.15, 0.2) is 30.3 Å². The van der Waals surface area contributed by atoms with E-state index in [1.165, 1.54) is 0 Å². The second-order valence-corrected chi connectivity index (χ2v) is 4.20. The minimum atomic E-state index is -0.376. The molecule has 0 aromatic heterocycles. The maximum Gasteiger partial charge on any atom is 0.317 e. The van der Waals surface area contributed by atoms with Crippen LogP contribution in [0.4, 0.5) is 4.79 Å². The molecule has 0 aliphatic carbocycles. The first-order valence-electron chi connectivity index (χ1n) is 5.80. The molecular weight excluding hydrogens is 216 g/mol. The zero-order valence-electron chi connectivity index (χ0n) is 10.4. The minimum absolute atomic E-state index is 0.116. The van der Waals surface area contributed by atoms with Crippen molar-refractivity contribution >= 4 is 6.03 Å². The first-order chi connectivity index (χ1) is 8.09. The summed E-state index contributed by atoms with van der Waals surface area (Å²) in [5, 5.41) is 12.0. The predicted molar refractivity (Wildman–Crippen MR) is 67.6 cm³/mol. The zero-order chi connectivity index (χ0) is 12.7. The summed E-state index contributed by atoms with van der Waals surface area (Å²) in [4.78, 5) is 13.2. The summed E-state index contributed by atoms with van der Waals surface area (Å²) in [6.07, 6.45) is 0.217. The van der Waals surface area contributed by atoms with Gasteiger partial charge in [-0.15, -0.1) is 0 Å². The molecule has 0 bridgehead atoms. The number of nitrogens with one attached hydrogen (secondary N) is 1. The molecule has 1 aromatic rings. The lowest BCUT2D eigenvalue weighted by Crippen LogP contribution is -2.38. The van der Waals surface area contributed by atoms with Gasteiger partial charge >= 0.3 is 6.03 Å². The number of amides is 2. The van der Waals surface area contributed by atoms with Crippen LogP contribution in [0.2, 0.25) is 0 Å². The molecule has 0 heterocycles. The molecule has 4 heteroatoms. The van der Waals surface area contributed by atoms with Gasteiger partial charge < -0.3 is 15.3 Å². The number of hydrogen-bond donors (Lipinski definition) is 2. The number of hydrogen-bond acceptors (Lipinski definition) is 2. The van der Waals surface area contributed by atoms with E-state index in [-0.39, 0.29) is 12.1 Å². The Kier molecular flexibility index (Phi) is 5.49. The highest BCUT2D eigenvalue weighted by atomic mass is 16.3. The fourth-order valence-electron chi connectivity index (χ4n) is 1.39. The van der Waals surface area contributed by atoms with Crippen molar-refractivity contribution in [3.63, 3.8) is 0 Å². The van der Waals surface area contributed by atoms with Gasteiger partial charge in [-0.25, -0.2) is 4.79 Å². The van der Waals surface area contributed by atoms with E-state index in [1.54, 1.807) is 18.9 Å². The van der Waals surface area contributed by atoms with Gasteiger partial charge in [0.25, 0.3) is 0 Å². The SMILES string of the molecule is CC(O)CCN(C)C(=O)NCc1ccccc1. The van der Waals surface area contributed by atoms with E-state index in [1.807, 2.05) is 30.3 Å². The fourth-order valence-corrected chi connectivity index (χ4v) is 1.39. The number of aliphatic hydroxyl groups is 1. The Morgan fingerprint density at radius 1 is 1.41 bits per heavy atom. The van der Waals surface area contributed by atoms with Crippen molar-refractivity contribution in [1.29, 1.82) is 0 Å². The first kappa shape index (κ1) is 13.5. The first-order valence-corrected chi connectivity index (χ1v) is 5.80. The molecule has 2 N–H and O–H groups in total. The number of carbonyl (C=O) groups excluding carboxylic acids is 1. The molecule has 0 saturated heterocycles. The van der Waals surface area contributed by atoms with Crippen molar-refractivity contribution in [1.82, 2.24) is 10.2 Å². The summed E-state index contributed by atoms with van der Waals surface area (Å²) in [7, 11) is 1.72. The van der Waals surface area contributed by atoms with Gasteiger partial charge in [-0.3, -0.25) is 0 Å². The maximum atomic E-state index is 11.7. The summed E-state index contributed by atoms with van der Waals surface area (Å²) in [5.74, 6) is 0. The minimum Gasteiger partial charge on any atom is -0.393 e. The van der Waals surface area contributed by atoms with E-state index in [0.717, 1.165) is 5.56 Å². The van der Waals surface area contributed by atoms with E-state index < -0.39 is 0 Å². The van der Waals surface area contributed by atoms with E-state index in [2.05, 4.69) is 5.32 Å². The lowest BCUT2D eigenvalue weighted by atomic mass is 10.2. The monoisotopic (exact) mass is 236 g/mol. The molecule has 0 radical (unpaired) electrons. The molecule has 0 aliphatic rings. The van der Waals surface area contributed by atoms with Gasteiger partial charge in [0, 0.05) is 20.1 Å². The normalized spacial score (nSPS) is 11.9. The van der Waals surface area contributed by atoms with Crippen LogP contribution in [0.1, 0.15) is 18.9 Å². The number of nitrogens with zero attached hydrogens (tertiary/aromatic N) is 1. The number of benzene rings is 1. The Hall–Kier alpha value is -1.55. The molecule has 1 unspecified atom stereocenters. The molecule has 4 nitrogen and oxygen atoms in total. The van der Waals surface area contributed by atoms with Gasteiger partial charge in [0.2, 0.25) is 0 Å². The highest BCUT2D eigenvalue weighted by Crippen LogP contribution is 1.98. The molecule has 17 heavy (non-hydrogen) atoms. The highest BCUT2D eigenvalue weighted by molar-refractivity contribution is 5.73. The van der Waals surface area contributed by atoms with Crippen LogP contribution in [0, 0.1) is 0 Å². The Morgan fingerprint density at radius 3 is 2.65 bits per heavy atom. The highest BCUT2D eigenvalue weighted by Gasteiger charge is 2.08.